The molecular formula is C12H14O4. The number of para-hydroxylation sites is 1. The van der Waals surface area contributed by atoms with Crippen molar-refractivity contribution < 1.29 is 19.7 Å². The fourth-order valence-corrected chi connectivity index (χ4v) is 1.12. The van der Waals surface area contributed by atoms with Crippen LogP contribution in [0.2, 0.25) is 0 Å². The molecule has 4 nitrogen and oxygen atoms in total. The van der Waals surface area contributed by atoms with Gasteiger partial charge >= 0.3 is 5.97 Å². The first-order valence-corrected chi connectivity index (χ1v) is 4.98. The number of aliphatic hydroxyl groups excluding tert-OH is 1. The highest BCUT2D eigenvalue weighted by molar-refractivity contribution is 5.85. The molecule has 0 spiro atoms. The zero-order chi connectivity index (χ0) is 12.0. The lowest BCUT2D eigenvalue weighted by Gasteiger charge is -2.13. The van der Waals surface area contributed by atoms with Crippen LogP contribution in [0.5, 0.6) is 5.75 Å². The molecule has 86 valence electrons. The monoisotopic (exact) mass is 222 g/mol. The predicted molar refractivity (Wildman–Crippen MR) is 60.0 cm³/mol. The van der Waals surface area contributed by atoms with Gasteiger partial charge in [0.1, 0.15) is 5.75 Å². The van der Waals surface area contributed by atoms with E-state index in [0.717, 1.165) is 6.08 Å². The molecule has 1 aromatic rings. The van der Waals surface area contributed by atoms with Crippen molar-refractivity contribution in [2.45, 2.75) is 19.6 Å². The first kappa shape index (κ1) is 12.3. The number of carboxylic acids is 1. The first-order valence-electron chi connectivity index (χ1n) is 4.98. The van der Waals surface area contributed by atoms with E-state index in [1.807, 2.05) is 0 Å². The molecular weight excluding hydrogens is 208 g/mol. The van der Waals surface area contributed by atoms with E-state index in [1.54, 1.807) is 31.2 Å². The van der Waals surface area contributed by atoms with Crippen molar-refractivity contribution >= 4 is 12.0 Å². The van der Waals surface area contributed by atoms with E-state index in [0.29, 0.717) is 17.7 Å². The van der Waals surface area contributed by atoms with Crippen LogP contribution in [0.1, 0.15) is 18.9 Å². The summed E-state index contributed by atoms with van der Waals surface area (Å²) in [6.07, 6.45) is 2.05. The average Bonchev–Trinajstić information content (AvgIpc) is 2.27. The second-order valence-electron chi connectivity index (χ2n) is 3.19. The number of carboxylic acid groups (broad SMARTS) is 1. The highest BCUT2D eigenvalue weighted by atomic mass is 16.6. The molecule has 1 rings (SSSR count). The van der Waals surface area contributed by atoms with Crippen molar-refractivity contribution in [1.29, 1.82) is 0 Å². The van der Waals surface area contributed by atoms with Crippen LogP contribution in [-0.4, -0.2) is 22.5 Å². The maximum Gasteiger partial charge on any atom is 0.328 e. The van der Waals surface area contributed by atoms with E-state index in [1.165, 1.54) is 6.08 Å². The van der Waals surface area contributed by atoms with Gasteiger partial charge in [-0.2, -0.15) is 0 Å². The second kappa shape index (κ2) is 5.92. The molecule has 0 aliphatic heterocycles. The highest BCUT2D eigenvalue weighted by Crippen LogP contribution is 2.20. The molecule has 1 unspecified atom stereocenters. The summed E-state index contributed by atoms with van der Waals surface area (Å²) >= 11 is 0. The smallest absolute Gasteiger partial charge is 0.328 e. The molecule has 4 heteroatoms. The Balaban J connectivity index is 2.87. The summed E-state index contributed by atoms with van der Waals surface area (Å²) < 4.78 is 5.24. The van der Waals surface area contributed by atoms with Crippen molar-refractivity contribution in [2.24, 2.45) is 0 Å². The Bertz CT molecular complexity index is 384. The van der Waals surface area contributed by atoms with Gasteiger partial charge in [-0.1, -0.05) is 25.1 Å². The number of hydrogen-bond donors (Lipinski definition) is 2. The third-order valence-corrected chi connectivity index (χ3v) is 1.94. The molecule has 2 N–H and O–H groups in total. The molecule has 0 radical (unpaired) electrons. The van der Waals surface area contributed by atoms with E-state index < -0.39 is 12.3 Å². The fourth-order valence-electron chi connectivity index (χ4n) is 1.12. The van der Waals surface area contributed by atoms with Crippen LogP contribution in [0.25, 0.3) is 6.08 Å². The van der Waals surface area contributed by atoms with E-state index in [9.17, 15) is 9.90 Å². The maximum atomic E-state index is 10.4. The summed E-state index contributed by atoms with van der Waals surface area (Å²) in [4.78, 5) is 10.4. The minimum Gasteiger partial charge on any atom is -0.478 e. The Kier molecular flexibility index (Phi) is 4.54. The normalized spacial score (nSPS) is 12.6. The zero-order valence-corrected chi connectivity index (χ0v) is 8.96. The third-order valence-electron chi connectivity index (χ3n) is 1.94. The summed E-state index contributed by atoms with van der Waals surface area (Å²) in [7, 11) is 0. The molecule has 0 aromatic heterocycles. The van der Waals surface area contributed by atoms with Gasteiger partial charge in [0.15, 0.2) is 6.29 Å². The number of benzene rings is 1. The molecule has 0 heterocycles. The Morgan fingerprint density at radius 2 is 2.19 bits per heavy atom. The van der Waals surface area contributed by atoms with Gasteiger partial charge in [0.25, 0.3) is 0 Å². The highest BCUT2D eigenvalue weighted by Gasteiger charge is 2.05. The molecule has 0 aliphatic rings. The number of carbonyl (C=O) groups is 1. The van der Waals surface area contributed by atoms with Crippen molar-refractivity contribution in [3.63, 3.8) is 0 Å². The van der Waals surface area contributed by atoms with Crippen LogP contribution in [0.4, 0.5) is 0 Å². The quantitative estimate of drug-likeness (QED) is 0.589. The van der Waals surface area contributed by atoms with Gasteiger partial charge in [-0.05, 0) is 12.1 Å². The van der Waals surface area contributed by atoms with Crippen molar-refractivity contribution in [1.82, 2.24) is 0 Å². The summed E-state index contributed by atoms with van der Waals surface area (Å²) in [5, 5.41) is 17.9. The minimum absolute atomic E-state index is 0.467. The summed E-state index contributed by atoms with van der Waals surface area (Å²) in [5.41, 5.74) is 0.623. The van der Waals surface area contributed by atoms with Gasteiger partial charge in [-0.15, -0.1) is 0 Å². The summed E-state index contributed by atoms with van der Waals surface area (Å²) in [6.45, 7) is 1.79. The van der Waals surface area contributed by atoms with Gasteiger partial charge < -0.3 is 14.9 Å². The van der Waals surface area contributed by atoms with Gasteiger partial charge in [-0.25, -0.2) is 4.79 Å². The molecule has 0 bridgehead atoms. The van der Waals surface area contributed by atoms with E-state index >= 15 is 0 Å². The third kappa shape index (κ3) is 3.74. The van der Waals surface area contributed by atoms with E-state index in [2.05, 4.69) is 0 Å². The molecule has 0 amide bonds. The number of hydrogen-bond acceptors (Lipinski definition) is 3. The van der Waals surface area contributed by atoms with Crippen LogP contribution in [-0.2, 0) is 4.79 Å². The average molecular weight is 222 g/mol. The summed E-state index contributed by atoms with van der Waals surface area (Å²) in [6, 6.07) is 6.93. The molecule has 1 atom stereocenters. The largest absolute Gasteiger partial charge is 0.478 e. The van der Waals surface area contributed by atoms with Gasteiger partial charge in [0.2, 0.25) is 0 Å². The van der Waals surface area contributed by atoms with Crippen molar-refractivity contribution in [3.05, 3.63) is 35.9 Å². The maximum absolute atomic E-state index is 10.4. The fraction of sp³-hybridized carbons (Fsp3) is 0.250. The van der Waals surface area contributed by atoms with E-state index in [4.69, 9.17) is 9.84 Å². The molecule has 0 saturated heterocycles. The van der Waals surface area contributed by atoms with E-state index in [-0.39, 0.29) is 0 Å². The number of aliphatic hydroxyl groups is 1. The Morgan fingerprint density at radius 1 is 1.50 bits per heavy atom. The van der Waals surface area contributed by atoms with Crippen LogP contribution in [0.15, 0.2) is 30.3 Å². The SMILES string of the molecule is CCC(O)Oc1ccccc1/C=C/C(=O)O. The predicted octanol–water partition coefficient (Wildman–Crippen LogP) is 1.89. The van der Waals surface area contributed by atoms with Gasteiger partial charge in [-0.3, -0.25) is 0 Å². The molecule has 0 fully saturated rings. The Hall–Kier alpha value is -1.81. The lowest BCUT2D eigenvalue weighted by atomic mass is 10.2. The number of aliphatic carboxylic acids is 1. The van der Waals surface area contributed by atoms with Crippen LogP contribution in [0.3, 0.4) is 0 Å². The molecule has 0 saturated carbocycles. The van der Waals surface area contributed by atoms with Crippen molar-refractivity contribution in [3.8, 4) is 5.75 Å². The lowest BCUT2D eigenvalue weighted by Crippen LogP contribution is -2.14. The molecule has 0 aliphatic carbocycles. The molecule has 16 heavy (non-hydrogen) atoms. The standard InChI is InChI=1S/C12H14O4/c1-2-12(15)16-10-6-4-3-5-9(10)7-8-11(13)14/h3-8,12,15H,2H2,1H3,(H,13,14)/b8-7+. The number of ether oxygens (including phenoxy) is 1. The van der Waals surface area contributed by atoms with Crippen LogP contribution in [0, 0.1) is 0 Å². The Morgan fingerprint density at radius 3 is 2.81 bits per heavy atom. The van der Waals surface area contributed by atoms with Gasteiger partial charge in [0, 0.05) is 18.1 Å². The van der Waals surface area contributed by atoms with Crippen LogP contribution >= 0.6 is 0 Å². The summed E-state index contributed by atoms with van der Waals surface area (Å²) in [5.74, 6) is -0.555. The van der Waals surface area contributed by atoms with Crippen LogP contribution < -0.4 is 4.74 Å². The minimum atomic E-state index is -1.02. The Labute approximate surface area is 93.8 Å². The van der Waals surface area contributed by atoms with Crippen molar-refractivity contribution in [2.75, 3.05) is 0 Å². The first-order chi connectivity index (χ1) is 7.63. The zero-order valence-electron chi connectivity index (χ0n) is 8.96. The second-order valence-corrected chi connectivity index (χ2v) is 3.19. The van der Waals surface area contributed by atoms with Gasteiger partial charge in [0.05, 0.1) is 0 Å². The topological polar surface area (TPSA) is 66.8 Å². The molecule has 1 aromatic carbocycles. The number of rotatable bonds is 5. The lowest BCUT2D eigenvalue weighted by molar-refractivity contribution is -0.131.